The van der Waals surface area contributed by atoms with E-state index in [-0.39, 0.29) is 18.3 Å². The van der Waals surface area contributed by atoms with Crippen LogP contribution in [0.5, 0.6) is 5.75 Å². The van der Waals surface area contributed by atoms with E-state index < -0.39 is 0 Å². The quantitative estimate of drug-likeness (QED) is 0.265. The molecule has 0 spiro atoms. The summed E-state index contributed by atoms with van der Waals surface area (Å²) >= 11 is 4.69. The van der Waals surface area contributed by atoms with Gasteiger partial charge < -0.3 is 4.74 Å². The minimum Gasteiger partial charge on any atom is -0.422 e. The summed E-state index contributed by atoms with van der Waals surface area (Å²) in [5.41, 5.74) is 4.17. The zero-order chi connectivity index (χ0) is 19.1. The van der Waals surface area contributed by atoms with Crippen molar-refractivity contribution in [1.82, 2.24) is 5.43 Å². The lowest BCUT2D eigenvalue weighted by Gasteiger charge is -2.03. The van der Waals surface area contributed by atoms with Crippen molar-refractivity contribution in [2.75, 3.05) is 0 Å². The summed E-state index contributed by atoms with van der Waals surface area (Å²) < 4.78 is 6.25. The first-order chi connectivity index (χ1) is 13.1. The fourth-order valence-corrected chi connectivity index (χ4v) is 3.04. The molecule has 1 aromatic heterocycles. The van der Waals surface area contributed by atoms with Gasteiger partial charge >= 0.3 is 5.97 Å². The van der Waals surface area contributed by atoms with Crippen molar-refractivity contribution in [2.45, 2.75) is 6.42 Å². The summed E-state index contributed by atoms with van der Waals surface area (Å²) in [4.78, 5) is 24.3. The number of hydrogen-bond donors (Lipinski definition) is 1. The van der Waals surface area contributed by atoms with Crippen molar-refractivity contribution >= 4 is 45.4 Å². The number of hydrazone groups is 1. The predicted molar refractivity (Wildman–Crippen MR) is 109 cm³/mol. The molecule has 0 aliphatic heterocycles. The Labute approximate surface area is 168 Å². The van der Waals surface area contributed by atoms with E-state index in [1.807, 2.05) is 29.6 Å². The van der Waals surface area contributed by atoms with E-state index in [1.54, 1.807) is 36.4 Å². The summed E-state index contributed by atoms with van der Waals surface area (Å²) in [6.45, 7) is 0. The van der Waals surface area contributed by atoms with Crippen LogP contribution in [0.2, 0.25) is 0 Å². The van der Waals surface area contributed by atoms with Gasteiger partial charge in [0.2, 0.25) is 5.91 Å². The predicted octanol–water partition coefficient (Wildman–Crippen LogP) is 4.42. The van der Waals surface area contributed by atoms with Crippen molar-refractivity contribution in [3.8, 4) is 5.75 Å². The van der Waals surface area contributed by atoms with Crippen molar-refractivity contribution in [1.29, 1.82) is 0 Å². The number of halogens is 1. The molecule has 136 valence electrons. The van der Waals surface area contributed by atoms with Crippen LogP contribution in [0.25, 0.3) is 0 Å². The summed E-state index contributed by atoms with van der Waals surface area (Å²) in [6.07, 6.45) is 1.78. The van der Waals surface area contributed by atoms with E-state index in [0.717, 1.165) is 15.6 Å². The molecule has 1 N–H and O–H groups in total. The maximum absolute atomic E-state index is 11.9. The Morgan fingerprint density at radius 1 is 1.07 bits per heavy atom. The van der Waals surface area contributed by atoms with Gasteiger partial charge in [0.15, 0.2) is 0 Å². The molecule has 0 fully saturated rings. The van der Waals surface area contributed by atoms with Crippen LogP contribution >= 0.6 is 27.3 Å². The molecule has 1 amide bonds. The number of thiophene rings is 1. The number of hydrogen-bond acceptors (Lipinski definition) is 5. The molecule has 3 aromatic rings. The molecule has 0 aliphatic rings. The standard InChI is InChI=1S/C20H15BrN2O3S/c21-16-7-3-14(4-8-16)12-19(24)23-22-13-15-5-9-17(10-6-15)26-20(25)18-2-1-11-27-18/h1-11,13H,12H2,(H,23,24)/b22-13-. The van der Waals surface area contributed by atoms with Crippen LogP contribution in [-0.4, -0.2) is 18.1 Å². The maximum atomic E-state index is 11.9. The van der Waals surface area contributed by atoms with E-state index in [9.17, 15) is 9.59 Å². The van der Waals surface area contributed by atoms with Gasteiger partial charge in [-0.05, 0) is 59.0 Å². The van der Waals surface area contributed by atoms with Crippen molar-refractivity contribution in [3.63, 3.8) is 0 Å². The number of esters is 1. The van der Waals surface area contributed by atoms with Gasteiger partial charge in [-0.25, -0.2) is 10.2 Å². The third-order valence-corrected chi connectivity index (χ3v) is 4.87. The fourth-order valence-electron chi connectivity index (χ4n) is 2.18. The Bertz CT molecular complexity index is 936. The second-order valence-corrected chi connectivity index (χ2v) is 7.40. The molecule has 0 bridgehead atoms. The summed E-state index contributed by atoms with van der Waals surface area (Å²) in [5.74, 6) is -0.133. The average Bonchev–Trinajstić information content (AvgIpc) is 3.20. The van der Waals surface area contributed by atoms with E-state index in [4.69, 9.17) is 4.74 Å². The van der Waals surface area contributed by atoms with Crippen molar-refractivity contribution < 1.29 is 14.3 Å². The van der Waals surface area contributed by atoms with Gasteiger partial charge in [0.1, 0.15) is 10.6 Å². The van der Waals surface area contributed by atoms with Crippen LogP contribution in [-0.2, 0) is 11.2 Å². The molecule has 0 aliphatic carbocycles. The van der Waals surface area contributed by atoms with Gasteiger partial charge in [0.05, 0.1) is 12.6 Å². The monoisotopic (exact) mass is 442 g/mol. The Morgan fingerprint density at radius 3 is 2.48 bits per heavy atom. The number of nitrogens with zero attached hydrogens (tertiary/aromatic N) is 1. The molecule has 0 saturated carbocycles. The molecule has 0 atom stereocenters. The lowest BCUT2D eigenvalue weighted by Crippen LogP contribution is -2.19. The van der Waals surface area contributed by atoms with Gasteiger partial charge in [-0.1, -0.05) is 34.1 Å². The van der Waals surface area contributed by atoms with Crippen LogP contribution in [0.1, 0.15) is 20.8 Å². The van der Waals surface area contributed by atoms with E-state index >= 15 is 0 Å². The summed E-state index contributed by atoms with van der Waals surface area (Å²) in [6, 6.07) is 17.9. The van der Waals surface area contributed by atoms with E-state index in [1.165, 1.54) is 17.6 Å². The first-order valence-electron chi connectivity index (χ1n) is 8.02. The molecule has 7 heteroatoms. The smallest absolute Gasteiger partial charge is 0.353 e. The second kappa shape index (κ2) is 9.25. The Morgan fingerprint density at radius 2 is 1.81 bits per heavy atom. The van der Waals surface area contributed by atoms with E-state index in [2.05, 4.69) is 26.5 Å². The number of nitrogens with one attached hydrogen (secondary N) is 1. The van der Waals surface area contributed by atoms with Gasteiger partial charge in [-0.15, -0.1) is 11.3 Å². The van der Waals surface area contributed by atoms with Gasteiger partial charge in [-0.2, -0.15) is 5.10 Å². The lowest BCUT2D eigenvalue weighted by molar-refractivity contribution is -0.120. The fraction of sp³-hybridized carbons (Fsp3) is 0.0500. The summed E-state index contributed by atoms with van der Waals surface area (Å²) in [7, 11) is 0. The molecule has 5 nitrogen and oxygen atoms in total. The third kappa shape index (κ3) is 5.87. The Kier molecular flexibility index (Phi) is 6.51. The second-order valence-electron chi connectivity index (χ2n) is 5.53. The topological polar surface area (TPSA) is 67.8 Å². The molecule has 0 unspecified atom stereocenters. The lowest BCUT2D eigenvalue weighted by atomic mass is 10.1. The molecule has 3 rings (SSSR count). The highest BCUT2D eigenvalue weighted by atomic mass is 79.9. The molecule has 0 saturated heterocycles. The normalized spacial score (nSPS) is 10.7. The number of amides is 1. The Hall–Kier alpha value is -2.77. The van der Waals surface area contributed by atoms with Gasteiger partial charge in [-0.3, -0.25) is 4.79 Å². The molecular formula is C20H15BrN2O3S. The van der Waals surface area contributed by atoms with Crippen LogP contribution in [0, 0.1) is 0 Å². The SMILES string of the molecule is O=C(Cc1ccc(Br)cc1)N/N=C\c1ccc(OC(=O)c2cccs2)cc1. The number of carbonyl (C=O) groups excluding carboxylic acids is 2. The van der Waals surface area contributed by atoms with Crippen LogP contribution in [0.4, 0.5) is 0 Å². The highest BCUT2D eigenvalue weighted by molar-refractivity contribution is 9.10. The minimum atomic E-state index is -0.383. The van der Waals surface area contributed by atoms with Gasteiger partial charge in [0, 0.05) is 4.47 Å². The first-order valence-corrected chi connectivity index (χ1v) is 9.69. The third-order valence-electron chi connectivity index (χ3n) is 3.49. The molecule has 2 aromatic carbocycles. The number of ether oxygens (including phenoxy) is 1. The van der Waals surface area contributed by atoms with Crippen LogP contribution in [0.3, 0.4) is 0 Å². The van der Waals surface area contributed by atoms with Crippen molar-refractivity contribution in [3.05, 3.63) is 86.5 Å². The van der Waals surface area contributed by atoms with Crippen LogP contribution in [0.15, 0.2) is 75.6 Å². The van der Waals surface area contributed by atoms with Crippen molar-refractivity contribution in [2.24, 2.45) is 5.10 Å². The zero-order valence-corrected chi connectivity index (χ0v) is 16.5. The minimum absolute atomic E-state index is 0.199. The van der Waals surface area contributed by atoms with Gasteiger partial charge in [0.25, 0.3) is 0 Å². The molecule has 0 radical (unpaired) electrons. The first kappa shape index (κ1) is 19.0. The molecule has 1 heterocycles. The molecule has 27 heavy (non-hydrogen) atoms. The average molecular weight is 443 g/mol. The Balaban J connectivity index is 1.49. The maximum Gasteiger partial charge on any atom is 0.353 e. The zero-order valence-electron chi connectivity index (χ0n) is 14.1. The largest absolute Gasteiger partial charge is 0.422 e. The number of carbonyl (C=O) groups is 2. The number of rotatable bonds is 6. The van der Waals surface area contributed by atoms with E-state index in [0.29, 0.717) is 10.6 Å². The highest BCUT2D eigenvalue weighted by Gasteiger charge is 2.09. The number of benzene rings is 2. The highest BCUT2D eigenvalue weighted by Crippen LogP contribution is 2.16. The summed E-state index contributed by atoms with van der Waals surface area (Å²) in [5, 5.41) is 5.77. The molecular weight excluding hydrogens is 428 g/mol. The van der Waals surface area contributed by atoms with Crippen LogP contribution < -0.4 is 10.2 Å².